The summed E-state index contributed by atoms with van der Waals surface area (Å²) in [5.74, 6) is 2.23. The Hall–Kier alpha value is -1.77. The van der Waals surface area contributed by atoms with Gasteiger partial charge in [0.25, 0.3) is 0 Å². The number of ether oxygens (including phenoxy) is 1. The molecule has 3 nitrogen and oxygen atoms in total. The van der Waals surface area contributed by atoms with Gasteiger partial charge < -0.3 is 10.1 Å². The van der Waals surface area contributed by atoms with Crippen LogP contribution in [0.4, 0.5) is 0 Å². The second-order valence-corrected chi connectivity index (χ2v) is 8.06. The SMILES string of the molecule is COc1c(C(C)C)ccc2c1CC[C@H]1C3=C(CC[C@]21C)C(=O)NC3. The first-order valence-corrected chi connectivity index (χ1v) is 9.17. The van der Waals surface area contributed by atoms with E-state index in [1.807, 2.05) is 0 Å². The third-order valence-electron chi connectivity index (χ3n) is 6.60. The van der Waals surface area contributed by atoms with Crippen molar-refractivity contribution in [1.29, 1.82) is 0 Å². The Morgan fingerprint density at radius 1 is 1.29 bits per heavy atom. The Bertz CT molecular complexity index is 746. The van der Waals surface area contributed by atoms with Gasteiger partial charge in [-0.15, -0.1) is 0 Å². The van der Waals surface area contributed by atoms with Crippen LogP contribution < -0.4 is 10.1 Å². The van der Waals surface area contributed by atoms with Crippen LogP contribution in [0.25, 0.3) is 0 Å². The van der Waals surface area contributed by atoms with Gasteiger partial charge in [0.1, 0.15) is 5.75 Å². The van der Waals surface area contributed by atoms with E-state index in [0.29, 0.717) is 11.8 Å². The summed E-state index contributed by atoms with van der Waals surface area (Å²) in [6.45, 7) is 7.61. The molecule has 0 saturated carbocycles. The van der Waals surface area contributed by atoms with E-state index in [1.165, 1.54) is 22.3 Å². The van der Waals surface area contributed by atoms with Crippen LogP contribution >= 0.6 is 0 Å². The lowest BCUT2D eigenvalue weighted by Gasteiger charge is -2.47. The zero-order chi connectivity index (χ0) is 17.1. The van der Waals surface area contributed by atoms with Gasteiger partial charge in [0, 0.05) is 12.1 Å². The quantitative estimate of drug-likeness (QED) is 0.897. The van der Waals surface area contributed by atoms with Crippen molar-refractivity contribution in [2.45, 2.75) is 57.8 Å². The fourth-order valence-corrected chi connectivity index (χ4v) is 5.31. The van der Waals surface area contributed by atoms with Crippen molar-refractivity contribution in [2.75, 3.05) is 13.7 Å². The van der Waals surface area contributed by atoms with Crippen LogP contribution in [0.3, 0.4) is 0 Å². The number of benzene rings is 1. The lowest BCUT2D eigenvalue weighted by molar-refractivity contribution is -0.116. The molecule has 0 saturated heterocycles. The summed E-state index contributed by atoms with van der Waals surface area (Å²) in [7, 11) is 1.80. The molecule has 2 atom stereocenters. The smallest absolute Gasteiger partial charge is 0.247 e. The summed E-state index contributed by atoms with van der Waals surface area (Å²) in [5, 5.41) is 3.04. The monoisotopic (exact) mass is 325 g/mol. The summed E-state index contributed by atoms with van der Waals surface area (Å²) < 4.78 is 5.86. The maximum Gasteiger partial charge on any atom is 0.247 e. The molecule has 3 heteroatoms. The molecule has 0 radical (unpaired) electrons. The predicted molar refractivity (Wildman–Crippen MR) is 95.5 cm³/mol. The van der Waals surface area contributed by atoms with Gasteiger partial charge in [-0.2, -0.15) is 0 Å². The van der Waals surface area contributed by atoms with E-state index in [1.54, 1.807) is 7.11 Å². The molecule has 128 valence electrons. The van der Waals surface area contributed by atoms with Gasteiger partial charge in [-0.25, -0.2) is 0 Å². The van der Waals surface area contributed by atoms with Crippen molar-refractivity contribution in [2.24, 2.45) is 5.92 Å². The highest BCUT2D eigenvalue weighted by molar-refractivity contribution is 5.97. The number of nitrogens with one attached hydrogen (secondary N) is 1. The van der Waals surface area contributed by atoms with Crippen molar-refractivity contribution in [3.63, 3.8) is 0 Å². The fourth-order valence-electron chi connectivity index (χ4n) is 5.31. The topological polar surface area (TPSA) is 38.3 Å². The molecule has 4 rings (SSSR count). The third kappa shape index (κ3) is 2.00. The molecule has 1 heterocycles. The van der Waals surface area contributed by atoms with Crippen LogP contribution in [-0.2, 0) is 16.6 Å². The van der Waals surface area contributed by atoms with Crippen LogP contribution in [0.1, 0.15) is 62.6 Å². The molecule has 1 aromatic rings. The van der Waals surface area contributed by atoms with Crippen molar-refractivity contribution < 1.29 is 9.53 Å². The average Bonchev–Trinajstić information content (AvgIpc) is 2.94. The van der Waals surface area contributed by atoms with Crippen LogP contribution in [0, 0.1) is 5.92 Å². The molecular formula is C21H27NO2. The maximum absolute atomic E-state index is 12.1. The van der Waals surface area contributed by atoms with E-state index in [4.69, 9.17) is 4.74 Å². The van der Waals surface area contributed by atoms with Crippen molar-refractivity contribution in [3.05, 3.63) is 40.0 Å². The number of carbonyl (C=O) groups is 1. The molecule has 0 aromatic heterocycles. The first-order valence-electron chi connectivity index (χ1n) is 9.17. The highest BCUT2D eigenvalue weighted by Gasteiger charge is 2.48. The molecule has 0 fully saturated rings. The standard InChI is InChI=1S/C21H27NO2/c1-12(2)13-5-7-17-15(19(13)24-4)6-8-18-16-11-22-20(23)14(16)9-10-21(17,18)3/h5,7,12,18H,6,8-11H2,1-4H3,(H,22,23)/t18-,21+/m0/s1. The highest BCUT2D eigenvalue weighted by Crippen LogP contribution is 2.54. The molecule has 0 spiro atoms. The number of hydrogen-bond acceptors (Lipinski definition) is 2. The van der Waals surface area contributed by atoms with Gasteiger partial charge >= 0.3 is 0 Å². The fraction of sp³-hybridized carbons (Fsp3) is 0.571. The third-order valence-corrected chi connectivity index (χ3v) is 6.60. The number of hydrogen-bond donors (Lipinski definition) is 1. The van der Waals surface area contributed by atoms with Crippen LogP contribution in [0.2, 0.25) is 0 Å². The van der Waals surface area contributed by atoms with E-state index in [0.717, 1.165) is 43.6 Å². The Morgan fingerprint density at radius 3 is 2.79 bits per heavy atom. The van der Waals surface area contributed by atoms with Gasteiger partial charge in [-0.05, 0) is 65.2 Å². The van der Waals surface area contributed by atoms with Crippen molar-refractivity contribution in [3.8, 4) is 5.75 Å². The van der Waals surface area contributed by atoms with E-state index >= 15 is 0 Å². The van der Waals surface area contributed by atoms with Crippen molar-refractivity contribution in [1.82, 2.24) is 5.32 Å². The predicted octanol–water partition coefficient (Wildman–Crippen LogP) is 3.86. The summed E-state index contributed by atoms with van der Waals surface area (Å²) in [4.78, 5) is 12.1. The summed E-state index contributed by atoms with van der Waals surface area (Å²) >= 11 is 0. The molecule has 24 heavy (non-hydrogen) atoms. The van der Waals surface area contributed by atoms with Crippen LogP contribution in [0.5, 0.6) is 5.75 Å². The number of carbonyl (C=O) groups excluding carboxylic acids is 1. The van der Waals surface area contributed by atoms with E-state index in [2.05, 4.69) is 38.2 Å². The number of rotatable bonds is 2. The minimum atomic E-state index is 0.126. The molecule has 2 aliphatic carbocycles. The molecule has 1 aromatic carbocycles. The van der Waals surface area contributed by atoms with Gasteiger partial charge in [0.2, 0.25) is 5.91 Å². The summed E-state index contributed by atoms with van der Waals surface area (Å²) in [6, 6.07) is 4.60. The van der Waals surface area contributed by atoms with Gasteiger partial charge in [-0.1, -0.05) is 32.9 Å². The largest absolute Gasteiger partial charge is 0.496 e. The van der Waals surface area contributed by atoms with Gasteiger partial charge in [0.05, 0.1) is 7.11 Å². The first-order chi connectivity index (χ1) is 11.5. The molecule has 0 bridgehead atoms. The Balaban J connectivity index is 1.85. The summed E-state index contributed by atoms with van der Waals surface area (Å²) in [5.41, 5.74) is 6.75. The minimum Gasteiger partial charge on any atom is -0.496 e. The van der Waals surface area contributed by atoms with Crippen molar-refractivity contribution >= 4 is 5.91 Å². The summed E-state index contributed by atoms with van der Waals surface area (Å²) in [6.07, 6.45) is 4.13. The van der Waals surface area contributed by atoms with E-state index in [9.17, 15) is 4.79 Å². The zero-order valence-corrected chi connectivity index (χ0v) is 15.2. The van der Waals surface area contributed by atoms with Crippen LogP contribution in [-0.4, -0.2) is 19.6 Å². The number of methoxy groups -OCH3 is 1. The second kappa shape index (κ2) is 5.37. The molecular weight excluding hydrogens is 298 g/mol. The van der Waals surface area contributed by atoms with Crippen LogP contribution in [0.15, 0.2) is 23.3 Å². The zero-order valence-electron chi connectivity index (χ0n) is 15.2. The Morgan fingerprint density at radius 2 is 2.08 bits per heavy atom. The Labute approximate surface area is 144 Å². The molecule has 3 aliphatic rings. The number of fused-ring (bicyclic) bond motifs is 4. The van der Waals surface area contributed by atoms with Gasteiger partial charge in [-0.3, -0.25) is 4.79 Å². The molecule has 1 aliphatic heterocycles. The first kappa shape index (κ1) is 15.7. The lowest BCUT2D eigenvalue weighted by atomic mass is 9.56. The second-order valence-electron chi connectivity index (χ2n) is 8.06. The van der Waals surface area contributed by atoms with Gasteiger partial charge in [0.15, 0.2) is 0 Å². The number of amides is 1. The Kier molecular flexibility index (Phi) is 3.52. The molecule has 1 N–H and O–H groups in total. The average molecular weight is 325 g/mol. The minimum absolute atomic E-state index is 0.126. The highest BCUT2D eigenvalue weighted by atomic mass is 16.5. The molecule has 0 unspecified atom stereocenters. The normalized spacial score (nSPS) is 28.4. The van der Waals surface area contributed by atoms with E-state index in [-0.39, 0.29) is 11.3 Å². The van der Waals surface area contributed by atoms with E-state index < -0.39 is 0 Å². The molecule has 1 amide bonds. The lowest BCUT2D eigenvalue weighted by Crippen LogP contribution is -2.41. The maximum atomic E-state index is 12.1.